The molecule has 0 fully saturated rings. The van der Waals surface area contributed by atoms with Crippen LogP contribution in [0.4, 0.5) is 0 Å². The minimum Gasteiger partial charge on any atom is -0.345 e. The van der Waals surface area contributed by atoms with Gasteiger partial charge in [0.15, 0.2) is 0 Å². The largest absolute Gasteiger partial charge is 0.345 e. The Balaban J connectivity index is 2.20. The third-order valence-electron chi connectivity index (χ3n) is 3.50. The maximum Gasteiger partial charge on any atom is 0.258 e. The Morgan fingerprint density at radius 1 is 1.22 bits per heavy atom. The molecule has 3 aromatic rings. The quantitative estimate of drug-likeness (QED) is 0.736. The van der Waals surface area contributed by atoms with Crippen molar-refractivity contribution in [3.63, 3.8) is 0 Å². The van der Waals surface area contributed by atoms with Gasteiger partial charge in [0.1, 0.15) is 10.0 Å². The van der Waals surface area contributed by atoms with E-state index in [4.69, 9.17) is 0 Å². The average molecular weight is 328 g/mol. The fourth-order valence-corrected chi connectivity index (χ4v) is 3.13. The van der Waals surface area contributed by atoms with Crippen LogP contribution in [0.15, 0.2) is 35.3 Å². The van der Waals surface area contributed by atoms with Crippen LogP contribution in [0, 0.1) is 6.92 Å². The standard InChI is InChI=1S/C16H16N4O2S/c1-10-17-18-14(23-10)9-20-8-13(15(21)19(2)3)11-6-4-5-7-12(11)16(20)22/h4-8H,9H2,1-3H3. The summed E-state index contributed by atoms with van der Waals surface area (Å²) in [5, 5.41) is 10.8. The molecular formula is C16H16N4O2S. The lowest BCUT2D eigenvalue weighted by atomic mass is 10.1. The van der Waals surface area contributed by atoms with Gasteiger partial charge in [-0.1, -0.05) is 29.5 Å². The number of hydrogen-bond acceptors (Lipinski definition) is 5. The second-order valence-corrected chi connectivity index (χ2v) is 6.70. The molecule has 0 aliphatic rings. The Hall–Kier alpha value is -2.54. The van der Waals surface area contributed by atoms with Gasteiger partial charge in [0.25, 0.3) is 11.5 Å². The molecule has 0 aliphatic heterocycles. The van der Waals surface area contributed by atoms with Gasteiger partial charge in [0.05, 0.1) is 12.1 Å². The second kappa shape index (κ2) is 5.92. The third-order valence-corrected chi connectivity index (χ3v) is 4.33. The van der Waals surface area contributed by atoms with E-state index in [2.05, 4.69) is 10.2 Å². The topological polar surface area (TPSA) is 68.1 Å². The Labute approximate surface area is 137 Å². The number of amides is 1. The van der Waals surface area contributed by atoms with Crippen molar-refractivity contribution < 1.29 is 4.79 Å². The van der Waals surface area contributed by atoms with E-state index in [1.54, 1.807) is 38.5 Å². The first-order valence-corrected chi connectivity index (χ1v) is 7.92. The lowest BCUT2D eigenvalue weighted by molar-refractivity contribution is 0.0828. The zero-order valence-electron chi connectivity index (χ0n) is 13.1. The van der Waals surface area contributed by atoms with Crippen molar-refractivity contribution in [3.05, 3.63) is 56.4 Å². The molecule has 2 aromatic heterocycles. The van der Waals surface area contributed by atoms with Crippen LogP contribution in [-0.2, 0) is 6.54 Å². The highest BCUT2D eigenvalue weighted by atomic mass is 32.1. The van der Waals surface area contributed by atoms with Crippen molar-refractivity contribution >= 4 is 28.0 Å². The van der Waals surface area contributed by atoms with E-state index in [1.807, 2.05) is 13.0 Å². The van der Waals surface area contributed by atoms with Crippen LogP contribution >= 0.6 is 11.3 Å². The number of aromatic nitrogens is 3. The van der Waals surface area contributed by atoms with E-state index in [1.165, 1.54) is 20.8 Å². The number of pyridine rings is 1. The van der Waals surface area contributed by atoms with Crippen molar-refractivity contribution in [1.82, 2.24) is 19.7 Å². The van der Waals surface area contributed by atoms with Crippen LogP contribution in [0.25, 0.3) is 10.8 Å². The number of aryl methyl sites for hydroxylation is 1. The van der Waals surface area contributed by atoms with Crippen LogP contribution in [0.3, 0.4) is 0 Å². The fourth-order valence-electron chi connectivity index (χ4n) is 2.42. The van der Waals surface area contributed by atoms with Crippen LogP contribution in [0.5, 0.6) is 0 Å². The smallest absolute Gasteiger partial charge is 0.258 e. The van der Waals surface area contributed by atoms with Gasteiger partial charge < -0.3 is 9.47 Å². The molecule has 0 saturated heterocycles. The lowest BCUT2D eigenvalue weighted by Crippen LogP contribution is -2.27. The first kappa shape index (κ1) is 15.4. The second-order valence-electron chi connectivity index (χ2n) is 5.44. The van der Waals surface area contributed by atoms with Gasteiger partial charge in [0.2, 0.25) is 0 Å². The molecule has 3 rings (SSSR count). The molecule has 1 aromatic carbocycles. The van der Waals surface area contributed by atoms with Crippen LogP contribution in [0.1, 0.15) is 20.4 Å². The molecule has 6 nitrogen and oxygen atoms in total. The molecule has 0 saturated carbocycles. The molecule has 118 valence electrons. The molecule has 1 amide bonds. The van der Waals surface area contributed by atoms with E-state index in [0.717, 1.165) is 10.0 Å². The minimum atomic E-state index is -0.136. The van der Waals surface area contributed by atoms with E-state index < -0.39 is 0 Å². The van der Waals surface area contributed by atoms with Gasteiger partial charge in [0, 0.05) is 31.1 Å². The molecule has 0 N–H and O–H groups in total. The minimum absolute atomic E-state index is 0.135. The third kappa shape index (κ3) is 2.87. The van der Waals surface area contributed by atoms with E-state index in [-0.39, 0.29) is 11.5 Å². The predicted molar refractivity (Wildman–Crippen MR) is 90.0 cm³/mol. The average Bonchev–Trinajstić information content (AvgIpc) is 2.94. The molecule has 0 aliphatic carbocycles. The van der Waals surface area contributed by atoms with Gasteiger partial charge in [-0.2, -0.15) is 0 Å². The number of benzene rings is 1. The number of carbonyl (C=O) groups excluding carboxylic acids is 1. The summed E-state index contributed by atoms with van der Waals surface area (Å²) in [5.74, 6) is -0.136. The van der Waals surface area contributed by atoms with Crippen molar-refractivity contribution in [2.24, 2.45) is 0 Å². The summed E-state index contributed by atoms with van der Waals surface area (Å²) in [6.45, 7) is 2.17. The first-order valence-electron chi connectivity index (χ1n) is 7.10. The number of fused-ring (bicyclic) bond motifs is 1. The molecule has 0 spiro atoms. The molecule has 0 bridgehead atoms. The van der Waals surface area contributed by atoms with Gasteiger partial charge in [-0.15, -0.1) is 10.2 Å². The highest BCUT2D eigenvalue weighted by Crippen LogP contribution is 2.18. The summed E-state index contributed by atoms with van der Waals surface area (Å²) in [4.78, 5) is 26.6. The molecule has 7 heteroatoms. The first-order chi connectivity index (χ1) is 11.0. The van der Waals surface area contributed by atoms with E-state index in [0.29, 0.717) is 22.9 Å². The monoisotopic (exact) mass is 328 g/mol. The number of carbonyl (C=O) groups is 1. The molecular weight excluding hydrogens is 312 g/mol. The van der Waals surface area contributed by atoms with Crippen LogP contribution in [-0.4, -0.2) is 39.7 Å². The van der Waals surface area contributed by atoms with Crippen molar-refractivity contribution in [2.45, 2.75) is 13.5 Å². The summed E-state index contributed by atoms with van der Waals surface area (Å²) in [6.07, 6.45) is 1.61. The highest BCUT2D eigenvalue weighted by molar-refractivity contribution is 7.11. The molecule has 0 unspecified atom stereocenters. The zero-order valence-corrected chi connectivity index (χ0v) is 13.9. The molecule has 2 heterocycles. The maximum absolute atomic E-state index is 12.7. The highest BCUT2D eigenvalue weighted by Gasteiger charge is 2.16. The Bertz CT molecular complexity index is 943. The van der Waals surface area contributed by atoms with Crippen LogP contribution < -0.4 is 5.56 Å². The van der Waals surface area contributed by atoms with Gasteiger partial charge >= 0.3 is 0 Å². The maximum atomic E-state index is 12.7. The SMILES string of the molecule is Cc1nnc(Cn2cc(C(=O)N(C)C)c3ccccc3c2=O)s1. The lowest BCUT2D eigenvalue weighted by Gasteiger charge is -2.14. The molecule has 0 atom stereocenters. The number of hydrogen-bond donors (Lipinski definition) is 0. The fraction of sp³-hybridized carbons (Fsp3) is 0.250. The zero-order chi connectivity index (χ0) is 16.6. The Morgan fingerprint density at radius 3 is 2.52 bits per heavy atom. The normalized spacial score (nSPS) is 10.9. The molecule has 23 heavy (non-hydrogen) atoms. The van der Waals surface area contributed by atoms with Crippen molar-refractivity contribution in [3.8, 4) is 0 Å². The van der Waals surface area contributed by atoms with Gasteiger partial charge in [-0.25, -0.2) is 0 Å². The molecule has 0 radical (unpaired) electrons. The summed E-state index contributed by atoms with van der Waals surface area (Å²) in [7, 11) is 3.39. The summed E-state index contributed by atoms with van der Waals surface area (Å²) in [5.41, 5.74) is 0.371. The Morgan fingerprint density at radius 2 is 1.91 bits per heavy atom. The van der Waals surface area contributed by atoms with Crippen LogP contribution in [0.2, 0.25) is 0 Å². The van der Waals surface area contributed by atoms with Crippen molar-refractivity contribution in [2.75, 3.05) is 14.1 Å². The van der Waals surface area contributed by atoms with Gasteiger partial charge in [-0.05, 0) is 13.0 Å². The Kier molecular flexibility index (Phi) is 3.96. The van der Waals surface area contributed by atoms with E-state index >= 15 is 0 Å². The summed E-state index contributed by atoms with van der Waals surface area (Å²) >= 11 is 1.44. The summed E-state index contributed by atoms with van der Waals surface area (Å²) < 4.78 is 1.53. The van der Waals surface area contributed by atoms with Crippen molar-refractivity contribution in [1.29, 1.82) is 0 Å². The predicted octanol–water partition coefficient (Wildman–Crippen LogP) is 1.91. The van der Waals surface area contributed by atoms with E-state index in [9.17, 15) is 9.59 Å². The number of rotatable bonds is 3. The summed E-state index contributed by atoms with van der Waals surface area (Å²) in [6, 6.07) is 7.17. The van der Waals surface area contributed by atoms with Gasteiger partial charge in [-0.3, -0.25) is 9.59 Å². The number of nitrogens with zero attached hydrogens (tertiary/aromatic N) is 4.